The average molecular weight is 288 g/mol. The first kappa shape index (κ1) is 16.4. The maximum atomic E-state index is 13.7. The summed E-state index contributed by atoms with van der Waals surface area (Å²) in [5.41, 5.74) is 0.409. The number of rotatable bonds is 4. The van der Waals surface area contributed by atoms with E-state index in [1.165, 1.54) is 6.07 Å². The van der Waals surface area contributed by atoms with Gasteiger partial charge in [0.05, 0.1) is 6.10 Å². The Bertz CT molecular complexity index is 386. The molecule has 1 aromatic rings. The van der Waals surface area contributed by atoms with Crippen LogP contribution >= 0.6 is 12.4 Å². The van der Waals surface area contributed by atoms with Crippen molar-refractivity contribution >= 4 is 12.4 Å². The minimum absolute atomic E-state index is 0. The molecular formula is C15H23ClFNO. The van der Waals surface area contributed by atoms with Gasteiger partial charge in [0.15, 0.2) is 0 Å². The van der Waals surface area contributed by atoms with Crippen molar-refractivity contribution in [2.75, 3.05) is 0 Å². The van der Waals surface area contributed by atoms with Crippen LogP contribution in [0.1, 0.15) is 50.7 Å². The summed E-state index contributed by atoms with van der Waals surface area (Å²) >= 11 is 0. The van der Waals surface area contributed by atoms with E-state index in [1.54, 1.807) is 18.2 Å². The molecule has 0 aromatic heterocycles. The van der Waals surface area contributed by atoms with Gasteiger partial charge in [0.25, 0.3) is 0 Å². The van der Waals surface area contributed by atoms with Crippen LogP contribution in [0.2, 0.25) is 0 Å². The average Bonchev–Trinajstić information content (AvgIpc) is 2.39. The quantitative estimate of drug-likeness (QED) is 0.887. The highest BCUT2D eigenvalue weighted by atomic mass is 35.5. The van der Waals surface area contributed by atoms with Crippen molar-refractivity contribution in [3.8, 4) is 0 Å². The number of aliphatic hydroxyl groups excluding tert-OH is 1. The zero-order chi connectivity index (χ0) is 13.0. The minimum atomic E-state index is -0.745. The molecule has 1 heterocycles. The topological polar surface area (TPSA) is 32.3 Å². The third kappa shape index (κ3) is 4.16. The standard InChI is InChI=1S/C15H22FNO.ClH/c1-2-6-11-7-5-10-14(17-11)15(18)12-8-3-4-9-13(12)16;/h3-4,8-9,11,14-15,17-18H,2,5-7,10H2,1H3;1H/t11-,14+,15-;/m0./s1. The first-order valence-corrected chi connectivity index (χ1v) is 6.91. The van der Waals surface area contributed by atoms with Crippen LogP contribution in [-0.2, 0) is 0 Å². The molecule has 0 saturated carbocycles. The van der Waals surface area contributed by atoms with Gasteiger partial charge in [-0.25, -0.2) is 4.39 Å². The summed E-state index contributed by atoms with van der Waals surface area (Å²) in [4.78, 5) is 0. The normalized spacial score (nSPS) is 24.6. The molecule has 2 rings (SSSR count). The second-order valence-corrected chi connectivity index (χ2v) is 5.16. The molecule has 1 aromatic carbocycles. The van der Waals surface area contributed by atoms with E-state index in [0.717, 1.165) is 32.1 Å². The summed E-state index contributed by atoms with van der Waals surface area (Å²) in [6.45, 7) is 2.17. The number of piperidine rings is 1. The van der Waals surface area contributed by atoms with Crippen LogP contribution < -0.4 is 5.32 Å². The summed E-state index contributed by atoms with van der Waals surface area (Å²) in [7, 11) is 0. The Kier molecular flexibility index (Phi) is 6.76. The fourth-order valence-electron chi connectivity index (χ4n) is 2.81. The van der Waals surface area contributed by atoms with Crippen LogP contribution in [0.25, 0.3) is 0 Å². The Labute approximate surface area is 120 Å². The third-order valence-electron chi connectivity index (χ3n) is 3.76. The first-order valence-electron chi connectivity index (χ1n) is 6.91. The van der Waals surface area contributed by atoms with Crippen molar-refractivity contribution in [2.24, 2.45) is 0 Å². The molecule has 1 saturated heterocycles. The molecular weight excluding hydrogens is 265 g/mol. The molecule has 0 spiro atoms. The van der Waals surface area contributed by atoms with Gasteiger partial charge in [-0.15, -0.1) is 12.4 Å². The molecule has 3 atom stereocenters. The zero-order valence-corrected chi connectivity index (χ0v) is 12.1. The molecule has 19 heavy (non-hydrogen) atoms. The van der Waals surface area contributed by atoms with Crippen molar-refractivity contribution in [1.29, 1.82) is 0 Å². The van der Waals surface area contributed by atoms with Gasteiger partial charge in [-0.2, -0.15) is 0 Å². The van der Waals surface area contributed by atoms with Crippen LogP contribution in [0.4, 0.5) is 4.39 Å². The Morgan fingerprint density at radius 1 is 1.37 bits per heavy atom. The van der Waals surface area contributed by atoms with E-state index in [1.807, 2.05) is 0 Å². The van der Waals surface area contributed by atoms with Crippen LogP contribution in [0.3, 0.4) is 0 Å². The van der Waals surface area contributed by atoms with E-state index >= 15 is 0 Å². The van der Waals surface area contributed by atoms with Gasteiger partial charge in [0.2, 0.25) is 0 Å². The van der Waals surface area contributed by atoms with Crippen LogP contribution in [0, 0.1) is 5.82 Å². The molecule has 1 aliphatic heterocycles. The molecule has 1 aliphatic rings. The van der Waals surface area contributed by atoms with E-state index in [9.17, 15) is 9.50 Å². The van der Waals surface area contributed by atoms with E-state index in [2.05, 4.69) is 12.2 Å². The van der Waals surface area contributed by atoms with Crippen molar-refractivity contribution < 1.29 is 9.50 Å². The van der Waals surface area contributed by atoms with Gasteiger partial charge in [-0.3, -0.25) is 0 Å². The predicted molar refractivity (Wildman–Crippen MR) is 78.1 cm³/mol. The molecule has 0 radical (unpaired) electrons. The van der Waals surface area contributed by atoms with Gasteiger partial charge >= 0.3 is 0 Å². The number of nitrogens with one attached hydrogen (secondary N) is 1. The minimum Gasteiger partial charge on any atom is -0.387 e. The largest absolute Gasteiger partial charge is 0.387 e. The number of hydrogen-bond donors (Lipinski definition) is 2. The van der Waals surface area contributed by atoms with Crippen LogP contribution in [-0.4, -0.2) is 17.2 Å². The summed E-state index contributed by atoms with van der Waals surface area (Å²) < 4.78 is 13.7. The van der Waals surface area contributed by atoms with Gasteiger partial charge in [-0.1, -0.05) is 38.0 Å². The van der Waals surface area contributed by atoms with Crippen LogP contribution in [0.15, 0.2) is 24.3 Å². The Hall–Kier alpha value is -0.640. The Morgan fingerprint density at radius 3 is 2.79 bits per heavy atom. The van der Waals surface area contributed by atoms with E-state index in [-0.39, 0.29) is 24.3 Å². The molecule has 4 heteroatoms. The fraction of sp³-hybridized carbons (Fsp3) is 0.600. The summed E-state index contributed by atoms with van der Waals surface area (Å²) in [6.07, 6.45) is 4.70. The molecule has 108 valence electrons. The highest BCUT2D eigenvalue weighted by Gasteiger charge is 2.28. The van der Waals surface area contributed by atoms with Crippen LogP contribution in [0.5, 0.6) is 0 Å². The van der Waals surface area contributed by atoms with Gasteiger partial charge in [-0.05, 0) is 25.3 Å². The summed E-state index contributed by atoms with van der Waals surface area (Å²) in [6, 6.07) is 6.95. The summed E-state index contributed by atoms with van der Waals surface area (Å²) in [5.74, 6) is -0.315. The number of benzene rings is 1. The SMILES string of the molecule is CCC[C@H]1CCC[C@H]([C@@H](O)c2ccccc2F)N1.Cl. The second kappa shape index (κ2) is 7.83. The van der Waals surface area contributed by atoms with Crippen molar-refractivity contribution in [2.45, 2.75) is 57.2 Å². The first-order chi connectivity index (χ1) is 8.72. The van der Waals surface area contributed by atoms with Crippen molar-refractivity contribution in [1.82, 2.24) is 5.32 Å². The fourth-order valence-corrected chi connectivity index (χ4v) is 2.81. The van der Waals surface area contributed by atoms with Gasteiger partial charge in [0, 0.05) is 17.6 Å². The summed E-state index contributed by atoms with van der Waals surface area (Å²) in [5, 5.41) is 13.8. The molecule has 0 unspecified atom stereocenters. The molecule has 0 aliphatic carbocycles. The second-order valence-electron chi connectivity index (χ2n) is 5.16. The predicted octanol–water partition coefficient (Wildman–Crippen LogP) is 3.59. The lowest BCUT2D eigenvalue weighted by Gasteiger charge is -2.34. The zero-order valence-electron chi connectivity index (χ0n) is 11.3. The maximum Gasteiger partial charge on any atom is 0.129 e. The van der Waals surface area contributed by atoms with Gasteiger partial charge in [0.1, 0.15) is 5.82 Å². The highest BCUT2D eigenvalue weighted by Crippen LogP contribution is 2.27. The highest BCUT2D eigenvalue weighted by molar-refractivity contribution is 5.85. The van der Waals surface area contributed by atoms with E-state index in [4.69, 9.17) is 0 Å². The molecule has 0 amide bonds. The number of hydrogen-bond acceptors (Lipinski definition) is 2. The molecule has 1 fully saturated rings. The lowest BCUT2D eigenvalue weighted by molar-refractivity contribution is 0.0966. The lowest BCUT2D eigenvalue weighted by Crippen LogP contribution is -2.45. The number of aliphatic hydroxyl groups is 1. The molecule has 2 nitrogen and oxygen atoms in total. The van der Waals surface area contributed by atoms with Crippen molar-refractivity contribution in [3.05, 3.63) is 35.6 Å². The smallest absolute Gasteiger partial charge is 0.129 e. The lowest BCUT2D eigenvalue weighted by atomic mass is 9.90. The Morgan fingerprint density at radius 2 is 2.11 bits per heavy atom. The number of halogens is 2. The molecule has 2 N–H and O–H groups in total. The van der Waals surface area contributed by atoms with E-state index in [0.29, 0.717) is 11.6 Å². The van der Waals surface area contributed by atoms with Gasteiger partial charge < -0.3 is 10.4 Å². The third-order valence-corrected chi connectivity index (χ3v) is 3.76. The van der Waals surface area contributed by atoms with Crippen molar-refractivity contribution in [3.63, 3.8) is 0 Å². The monoisotopic (exact) mass is 287 g/mol. The van der Waals surface area contributed by atoms with E-state index < -0.39 is 6.10 Å². The Balaban J connectivity index is 0.00000180. The molecule has 0 bridgehead atoms. The maximum absolute atomic E-state index is 13.7.